The van der Waals surface area contributed by atoms with Gasteiger partial charge in [-0.25, -0.2) is 8.42 Å². The van der Waals surface area contributed by atoms with Gasteiger partial charge in [-0.05, 0) is 39.4 Å². The van der Waals surface area contributed by atoms with E-state index in [9.17, 15) is 8.42 Å². The van der Waals surface area contributed by atoms with E-state index in [2.05, 4.69) is 10.6 Å². The SMILES string of the molecule is CC(C)NC(=S)N[C@]1(C)CCS(=O)(=O)C1. The molecule has 0 aromatic carbocycles. The molecule has 2 N–H and O–H groups in total. The molecule has 88 valence electrons. The summed E-state index contributed by atoms with van der Waals surface area (Å²) >= 11 is 5.10. The normalized spacial score (nSPS) is 29.1. The molecule has 1 aliphatic rings. The zero-order valence-electron chi connectivity index (χ0n) is 9.33. The summed E-state index contributed by atoms with van der Waals surface area (Å²) in [7, 11) is -2.88. The van der Waals surface area contributed by atoms with Crippen molar-refractivity contribution in [3.63, 3.8) is 0 Å². The van der Waals surface area contributed by atoms with Gasteiger partial charge in [0.1, 0.15) is 0 Å². The van der Waals surface area contributed by atoms with Crippen molar-refractivity contribution in [1.29, 1.82) is 0 Å². The zero-order valence-corrected chi connectivity index (χ0v) is 11.0. The Balaban J connectivity index is 2.55. The molecule has 1 fully saturated rings. The molecular weight excluding hydrogens is 232 g/mol. The first-order valence-electron chi connectivity index (χ1n) is 5.02. The lowest BCUT2D eigenvalue weighted by molar-refractivity contribution is 0.465. The van der Waals surface area contributed by atoms with Crippen LogP contribution in [-0.2, 0) is 9.84 Å². The summed E-state index contributed by atoms with van der Waals surface area (Å²) in [6.07, 6.45) is 0.620. The summed E-state index contributed by atoms with van der Waals surface area (Å²) in [6, 6.07) is 0.256. The van der Waals surface area contributed by atoms with Crippen molar-refractivity contribution in [2.75, 3.05) is 11.5 Å². The van der Waals surface area contributed by atoms with E-state index < -0.39 is 15.4 Å². The van der Waals surface area contributed by atoms with Gasteiger partial charge in [0.15, 0.2) is 14.9 Å². The van der Waals surface area contributed by atoms with Crippen LogP contribution < -0.4 is 10.6 Å². The number of rotatable bonds is 2. The average Bonchev–Trinajstić information content (AvgIpc) is 2.22. The molecule has 1 heterocycles. The summed E-state index contributed by atoms with van der Waals surface area (Å²) in [5.41, 5.74) is -0.405. The lowest BCUT2D eigenvalue weighted by Crippen LogP contribution is -2.52. The van der Waals surface area contributed by atoms with Gasteiger partial charge in [0.2, 0.25) is 0 Å². The molecule has 1 rings (SSSR count). The van der Waals surface area contributed by atoms with Gasteiger partial charge in [-0.2, -0.15) is 0 Å². The summed E-state index contributed by atoms with van der Waals surface area (Å²) in [5.74, 6) is 0.417. The fourth-order valence-electron chi connectivity index (χ4n) is 1.68. The Kier molecular flexibility index (Phi) is 3.60. The lowest BCUT2D eigenvalue weighted by atomic mass is 10.0. The Bertz CT molecular complexity index is 351. The van der Waals surface area contributed by atoms with E-state index in [1.807, 2.05) is 20.8 Å². The first kappa shape index (κ1) is 12.7. The number of hydrogen-bond acceptors (Lipinski definition) is 3. The third kappa shape index (κ3) is 3.95. The fraction of sp³-hybridized carbons (Fsp3) is 0.889. The van der Waals surface area contributed by atoms with E-state index in [1.54, 1.807) is 0 Å². The van der Waals surface area contributed by atoms with Gasteiger partial charge in [-0.15, -0.1) is 0 Å². The van der Waals surface area contributed by atoms with Crippen LogP contribution in [0.3, 0.4) is 0 Å². The van der Waals surface area contributed by atoms with Crippen molar-refractivity contribution >= 4 is 27.2 Å². The molecule has 1 aliphatic heterocycles. The first-order valence-corrected chi connectivity index (χ1v) is 7.24. The number of sulfone groups is 1. The Morgan fingerprint density at radius 2 is 2.07 bits per heavy atom. The van der Waals surface area contributed by atoms with Gasteiger partial charge in [0.25, 0.3) is 0 Å². The maximum atomic E-state index is 11.3. The van der Waals surface area contributed by atoms with Gasteiger partial charge < -0.3 is 10.6 Å². The van der Waals surface area contributed by atoms with E-state index in [-0.39, 0.29) is 17.5 Å². The highest BCUT2D eigenvalue weighted by molar-refractivity contribution is 7.91. The van der Waals surface area contributed by atoms with Crippen molar-refractivity contribution in [3.05, 3.63) is 0 Å². The highest BCUT2D eigenvalue weighted by Crippen LogP contribution is 2.22. The summed E-state index contributed by atoms with van der Waals surface area (Å²) in [4.78, 5) is 0. The number of thiocarbonyl (C=S) groups is 1. The van der Waals surface area contributed by atoms with E-state index >= 15 is 0 Å². The lowest BCUT2D eigenvalue weighted by Gasteiger charge is -2.26. The average molecular weight is 250 g/mol. The molecular formula is C9H18N2O2S2. The van der Waals surface area contributed by atoms with Crippen molar-refractivity contribution < 1.29 is 8.42 Å². The van der Waals surface area contributed by atoms with Gasteiger partial charge in [-0.1, -0.05) is 0 Å². The molecule has 1 saturated heterocycles. The predicted molar refractivity (Wildman–Crippen MR) is 65.7 cm³/mol. The highest BCUT2D eigenvalue weighted by Gasteiger charge is 2.38. The standard InChI is InChI=1S/C9H18N2O2S2/c1-7(2)10-8(14)11-9(3)4-5-15(12,13)6-9/h7H,4-6H2,1-3H3,(H2,10,11,14)/t9-/m1/s1. The van der Waals surface area contributed by atoms with Crippen LogP contribution in [0.25, 0.3) is 0 Å². The predicted octanol–water partition coefficient (Wildman–Crippen LogP) is 0.436. The molecule has 0 aromatic rings. The van der Waals surface area contributed by atoms with Gasteiger partial charge in [0, 0.05) is 6.04 Å². The van der Waals surface area contributed by atoms with Crippen LogP contribution in [0.15, 0.2) is 0 Å². The molecule has 1 atom stereocenters. The Morgan fingerprint density at radius 3 is 2.47 bits per heavy atom. The van der Waals surface area contributed by atoms with Gasteiger partial charge >= 0.3 is 0 Å². The minimum absolute atomic E-state index is 0.167. The second kappa shape index (κ2) is 4.25. The van der Waals surface area contributed by atoms with E-state index in [0.717, 1.165) is 0 Å². The molecule has 4 nitrogen and oxygen atoms in total. The summed E-state index contributed by atoms with van der Waals surface area (Å²) in [6.45, 7) is 5.87. The van der Waals surface area contributed by atoms with Crippen molar-refractivity contribution in [1.82, 2.24) is 10.6 Å². The Morgan fingerprint density at radius 1 is 1.47 bits per heavy atom. The van der Waals surface area contributed by atoms with E-state index in [4.69, 9.17) is 12.2 Å². The van der Waals surface area contributed by atoms with Crippen molar-refractivity contribution in [2.45, 2.75) is 38.8 Å². The minimum Gasteiger partial charge on any atom is -0.361 e. The van der Waals surface area contributed by atoms with Crippen LogP contribution in [-0.4, -0.2) is 36.6 Å². The molecule has 0 unspecified atom stereocenters. The molecule has 15 heavy (non-hydrogen) atoms. The number of hydrogen-bond donors (Lipinski definition) is 2. The first-order chi connectivity index (χ1) is 6.72. The van der Waals surface area contributed by atoms with Crippen LogP contribution in [0.5, 0.6) is 0 Å². The molecule has 0 amide bonds. The monoisotopic (exact) mass is 250 g/mol. The summed E-state index contributed by atoms with van der Waals surface area (Å²) < 4.78 is 22.7. The molecule has 0 aliphatic carbocycles. The molecule has 0 spiro atoms. The largest absolute Gasteiger partial charge is 0.361 e. The van der Waals surface area contributed by atoms with Crippen LogP contribution in [0, 0.1) is 0 Å². The van der Waals surface area contributed by atoms with Crippen molar-refractivity contribution in [3.8, 4) is 0 Å². The second-order valence-corrected chi connectivity index (χ2v) is 7.25. The second-order valence-electron chi connectivity index (χ2n) is 4.66. The molecule has 0 radical (unpaired) electrons. The third-order valence-corrected chi connectivity index (χ3v) is 4.46. The zero-order chi connectivity index (χ0) is 11.7. The minimum atomic E-state index is -2.88. The molecule has 0 aromatic heterocycles. The molecule has 6 heteroatoms. The van der Waals surface area contributed by atoms with Crippen molar-refractivity contribution in [2.24, 2.45) is 0 Å². The van der Waals surface area contributed by atoms with Crippen LogP contribution in [0.2, 0.25) is 0 Å². The molecule has 0 bridgehead atoms. The van der Waals surface area contributed by atoms with E-state index in [0.29, 0.717) is 11.5 Å². The molecule has 0 saturated carbocycles. The van der Waals surface area contributed by atoms with Gasteiger partial charge in [-0.3, -0.25) is 0 Å². The smallest absolute Gasteiger partial charge is 0.166 e. The third-order valence-electron chi connectivity index (χ3n) is 2.34. The maximum absolute atomic E-state index is 11.3. The van der Waals surface area contributed by atoms with Crippen LogP contribution >= 0.6 is 12.2 Å². The van der Waals surface area contributed by atoms with Crippen LogP contribution in [0.1, 0.15) is 27.2 Å². The fourth-order valence-corrected chi connectivity index (χ4v) is 4.26. The maximum Gasteiger partial charge on any atom is 0.166 e. The van der Waals surface area contributed by atoms with Crippen LogP contribution in [0.4, 0.5) is 0 Å². The highest BCUT2D eigenvalue weighted by atomic mass is 32.2. The van der Waals surface area contributed by atoms with E-state index in [1.165, 1.54) is 0 Å². The quantitative estimate of drug-likeness (QED) is 0.696. The Labute approximate surface area is 96.7 Å². The topological polar surface area (TPSA) is 58.2 Å². The van der Waals surface area contributed by atoms with Gasteiger partial charge in [0.05, 0.1) is 17.0 Å². The number of nitrogens with one attached hydrogen (secondary N) is 2. The Hall–Kier alpha value is -0.360. The summed E-state index contributed by atoms with van der Waals surface area (Å²) in [5, 5.41) is 6.66.